The van der Waals surface area contributed by atoms with Crippen LogP contribution >= 0.6 is 0 Å². The molecule has 0 amide bonds. The van der Waals surface area contributed by atoms with Crippen LogP contribution in [-0.4, -0.2) is 12.6 Å². The van der Waals surface area contributed by atoms with Crippen molar-refractivity contribution in [3.8, 4) is 0 Å². The van der Waals surface area contributed by atoms with Crippen LogP contribution < -0.4 is 0 Å². The molecule has 0 aromatic heterocycles. The molecule has 0 aliphatic rings. The topological polar surface area (TPSA) is 34.1 Å². The summed E-state index contributed by atoms with van der Waals surface area (Å²) in [4.78, 5) is 20.8. The van der Waals surface area contributed by atoms with Gasteiger partial charge in [0, 0.05) is 11.1 Å². The molecule has 2 radical (unpaired) electrons. The maximum atomic E-state index is 10.5. The Labute approximate surface area is 71.2 Å². The van der Waals surface area contributed by atoms with E-state index in [9.17, 15) is 9.59 Å². The first-order valence-electron chi connectivity index (χ1n) is 3.71. The Hall–Kier alpha value is -1.44. The first-order chi connectivity index (χ1) is 5.83. The van der Waals surface area contributed by atoms with Gasteiger partial charge in [0.15, 0.2) is 0 Å². The van der Waals surface area contributed by atoms with Crippen molar-refractivity contribution in [1.29, 1.82) is 0 Å². The van der Waals surface area contributed by atoms with Gasteiger partial charge in [0.25, 0.3) is 0 Å². The number of benzene rings is 1. The smallest absolute Gasteiger partial charge is 0.234 e. The fourth-order valence-electron chi connectivity index (χ4n) is 1.10. The highest BCUT2D eigenvalue weighted by atomic mass is 16.1. The van der Waals surface area contributed by atoms with Gasteiger partial charge in [-0.15, -0.1) is 0 Å². The van der Waals surface area contributed by atoms with Crippen molar-refractivity contribution >= 4 is 12.6 Å². The lowest BCUT2D eigenvalue weighted by molar-refractivity contribution is 0.558. The van der Waals surface area contributed by atoms with E-state index in [-0.39, 0.29) is 0 Å². The molecular formula is C10H8O2. The van der Waals surface area contributed by atoms with Crippen LogP contribution in [-0.2, 0) is 16.0 Å². The third kappa shape index (κ3) is 1.42. The minimum absolute atomic E-state index is 0.296. The Morgan fingerprint density at radius 3 is 2.50 bits per heavy atom. The van der Waals surface area contributed by atoms with Crippen LogP contribution in [0.5, 0.6) is 0 Å². The van der Waals surface area contributed by atoms with Crippen molar-refractivity contribution in [1.82, 2.24) is 0 Å². The van der Waals surface area contributed by atoms with E-state index in [1.807, 2.05) is 6.92 Å². The Bertz CT molecular complexity index is 303. The zero-order chi connectivity index (χ0) is 8.97. The molecule has 1 rings (SSSR count). The van der Waals surface area contributed by atoms with Crippen LogP contribution in [0.4, 0.5) is 0 Å². The van der Waals surface area contributed by atoms with E-state index in [0.29, 0.717) is 11.1 Å². The van der Waals surface area contributed by atoms with E-state index in [1.165, 1.54) is 0 Å². The minimum Gasteiger partial charge on any atom is -0.285 e. The lowest BCUT2D eigenvalue weighted by Crippen LogP contribution is -1.96. The molecule has 12 heavy (non-hydrogen) atoms. The zero-order valence-corrected chi connectivity index (χ0v) is 6.76. The summed E-state index contributed by atoms with van der Waals surface area (Å²) in [5.41, 5.74) is 1.48. The van der Waals surface area contributed by atoms with Gasteiger partial charge in [-0.1, -0.05) is 25.1 Å². The molecule has 0 atom stereocenters. The molecular weight excluding hydrogens is 152 g/mol. The summed E-state index contributed by atoms with van der Waals surface area (Å²) in [5.74, 6) is 0. The summed E-state index contributed by atoms with van der Waals surface area (Å²) in [6, 6.07) is 5.10. The monoisotopic (exact) mass is 160 g/mol. The van der Waals surface area contributed by atoms with E-state index >= 15 is 0 Å². The second kappa shape index (κ2) is 3.81. The van der Waals surface area contributed by atoms with Gasteiger partial charge in [0.05, 0.1) is 0 Å². The van der Waals surface area contributed by atoms with Crippen molar-refractivity contribution in [2.45, 2.75) is 13.3 Å². The Kier molecular flexibility index (Phi) is 2.75. The molecule has 0 heterocycles. The minimum atomic E-state index is 0.296. The third-order valence-electron chi connectivity index (χ3n) is 1.74. The van der Waals surface area contributed by atoms with Gasteiger partial charge in [-0.05, 0) is 12.0 Å². The highest BCUT2D eigenvalue weighted by molar-refractivity contribution is 5.92. The fraction of sp³-hybridized carbons (Fsp3) is 0.200. The third-order valence-corrected chi connectivity index (χ3v) is 1.74. The van der Waals surface area contributed by atoms with E-state index < -0.39 is 0 Å². The fourth-order valence-corrected chi connectivity index (χ4v) is 1.10. The highest BCUT2D eigenvalue weighted by Crippen LogP contribution is 2.11. The van der Waals surface area contributed by atoms with Crippen LogP contribution in [0.2, 0.25) is 0 Å². The molecule has 2 heteroatoms. The zero-order valence-electron chi connectivity index (χ0n) is 6.76. The van der Waals surface area contributed by atoms with Gasteiger partial charge in [-0.3, -0.25) is 9.59 Å². The number of hydrogen-bond acceptors (Lipinski definition) is 2. The predicted octanol–water partition coefficient (Wildman–Crippen LogP) is 1.16. The number of carbonyl (C=O) groups excluding carboxylic acids is 2. The second-order valence-electron chi connectivity index (χ2n) is 2.40. The summed E-state index contributed by atoms with van der Waals surface area (Å²) in [6.45, 7) is 1.92. The van der Waals surface area contributed by atoms with E-state index in [2.05, 4.69) is 0 Å². The molecule has 0 unspecified atom stereocenters. The van der Waals surface area contributed by atoms with E-state index in [1.54, 1.807) is 30.8 Å². The van der Waals surface area contributed by atoms with Crippen molar-refractivity contribution < 1.29 is 9.59 Å². The lowest BCUT2D eigenvalue weighted by Gasteiger charge is -2.01. The van der Waals surface area contributed by atoms with Gasteiger partial charge in [-0.2, -0.15) is 0 Å². The summed E-state index contributed by atoms with van der Waals surface area (Å²) in [6.07, 6.45) is 4.18. The van der Waals surface area contributed by atoms with E-state index in [0.717, 1.165) is 12.0 Å². The first kappa shape index (κ1) is 8.65. The van der Waals surface area contributed by atoms with Crippen LogP contribution in [0.1, 0.15) is 23.6 Å². The first-order valence-corrected chi connectivity index (χ1v) is 3.71. The molecule has 0 saturated carbocycles. The second-order valence-corrected chi connectivity index (χ2v) is 2.40. The summed E-state index contributed by atoms with van der Waals surface area (Å²) >= 11 is 0. The molecule has 0 spiro atoms. The van der Waals surface area contributed by atoms with Crippen LogP contribution in [0.15, 0.2) is 18.2 Å². The number of rotatable bonds is 3. The van der Waals surface area contributed by atoms with Gasteiger partial charge >= 0.3 is 0 Å². The maximum Gasteiger partial charge on any atom is 0.234 e. The molecule has 0 aliphatic heterocycles. The van der Waals surface area contributed by atoms with Gasteiger partial charge < -0.3 is 0 Å². The molecule has 0 N–H and O–H groups in total. The lowest BCUT2D eigenvalue weighted by atomic mass is 10.0. The van der Waals surface area contributed by atoms with Crippen molar-refractivity contribution in [2.75, 3.05) is 0 Å². The van der Waals surface area contributed by atoms with Gasteiger partial charge in [-0.25, -0.2) is 0 Å². The summed E-state index contributed by atoms with van der Waals surface area (Å²) < 4.78 is 0. The molecule has 0 bridgehead atoms. The Morgan fingerprint density at radius 1 is 1.25 bits per heavy atom. The predicted molar refractivity (Wildman–Crippen MR) is 45.4 cm³/mol. The quantitative estimate of drug-likeness (QED) is 0.665. The van der Waals surface area contributed by atoms with Crippen LogP contribution in [0, 0.1) is 0 Å². The van der Waals surface area contributed by atoms with Crippen molar-refractivity contribution in [3.63, 3.8) is 0 Å². The molecule has 0 saturated heterocycles. The standard InChI is InChI=1S/C10H8O2/c1-2-8-4-3-5-9(6-11)10(8)7-12/h3-5H,2H2,1H3. The van der Waals surface area contributed by atoms with Crippen LogP contribution in [0.3, 0.4) is 0 Å². The maximum absolute atomic E-state index is 10.5. The van der Waals surface area contributed by atoms with Crippen LogP contribution in [0.25, 0.3) is 0 Å². The van der Waals surface area contributed by atoms with Gasteiger partial charge in [0.2, 0.25) is 12.6 Å². The normalized spacial score (nSPS) is 9.42. The summed E-state index contributed by atoms with van der Waals surface area (Å²) in [7, 11) is 0. The Morgan fingerprint density at radius 2 is 2.00 bits per heavy atom. The molecule has 1 aromatic carbocycles. The highest BCUT2D eigenvalue weighted by Gasteiger charge is 2.05. The number of hydrogen-bond donors (Lipinski definition) is 0. The van der Waals surface area contributed by atoms with E-state index in [4.69, 9.17) is 0 Å². The Balaban J connectivity index is 3.31. The molecule has 0 fully saturated rings. The molecule has 1 aromatic rings. The average molecular weight is 160 g/mol. The SMILES string of the molecule is CCc1cccc([C]=O)c1[C]=O. The summed E-state index contributed by atoms with van der Waals surface area (Å²) in [5, 5.41) is 0. The average Bonchev–Trinajstić information content (AvgIpc) is 2.16. The molecule has 60 valence electrons. The van der Waals surface area contributed by atoms with Crippen molar-refractivity contribution in [3.05, 3.63) is 34.9 Å². The number of aryl methyl sites for hydroxylation is 1. The molecule has 0 aliphatic carbocycles. The van der Waals surface area contributed by atoms with Crippen molar-refractivity contribution in [2.24, 2.45) is 0 Å². The molecule has 2 nitrogen and oxygen atoms in total. The van der Waals surface area contributed by atoms with Gasteiger partial charge in [0.1, 0.15) is 0 Å². The largest absolute Gasteiger partial charge is 0.285 e.